The minimum atomic E-state index is -0.0869. The second kappa shape index (κ2) is 5.09. The van der Waals surface area contributed by atoms with Gasteiger partial charge in [-0.25, -0.2) is 4.68 Å². The monoisotopic (exact) mass is 263 g/mol. The van der Waals surface area contributed by atoms with Crippen LogP contribution in [0.2, 0.25) is 0 Å². The lowest BCUT2D eigenvalue weighted by molar-refractivity contribution is 0.103. The maximum absolute atomic E-state index is 12.5. The number of carbonyl (C=O) groups is 1. The van der Waals surface area contributed by atoms with Crippen molar-refractivity contribution < 1.29 is 4.79 Å². The summed E-state index contributed by atoms with van der Waals surface area (Å²) >= 11 is 0. The van der Waals surface area contributed by atoms with Crippen LogP contribution < -0.4 is 0 Å². The minimum absolute atomic E-state index is 0.0869. The van der Waals surface area contributed by atoms with Crippen molar-refractivity contribution in [2.45, 2.75) is 6.92 Å². The third kappa shape index (κ3) is 2.23. The third-order valence-electron chi connectivity index (χ3n) is 3.10. The van der Waals surface area contributed by atoms with Gasteiger partial charge in [0.2, 0.25) is 5.78 Å². The van der Waals surface area contributed by atoms with Gasteiger partial charge in [-0.05, 0) is 19.1 Å². The smallest absolute Gasteiger partial charge is 0.213 e. The second-order valence-electron chi connectivity index (χ2n) is 4.56. The van der Waals surface area contributed by atoms with Gasteiger partial charge in [-0.2, -0.15) is 0 Å². The average Bonchev–Trinajstić information content (AvgIpc) is 2.97. The van der Waals surface area contributed by atoms with E-state index in [-0.39, 0.29) is 5.78 Å². The van der Waals surface area contributed by atoms with Crippen LogP contribution in [-0.2, 0) is 0 Å². The van der Waals surface area contributed by atoms with Crippen LogP contribution in [0.25, 0.3) is 5.69 Å². The quantitative estimate of drug-likeness (QED) is 0.683. The molecule has 4 heteroatoms. The number of carbonyl (C=O) groups excluding carboxylic acids is 1. The summed E-state index contributed by atoms with van der Waals surface area (Å²) in [7, 11) is 0. The number of benzene rings is 2. The molecular weight excluding hydrogens is 250 g/mol. The summed E-state index contributed by atoms with van der Waals surface area (Å²) in [6.07, 6.45) is 1.50. The van der Waals surface area contributed by atoms with Crippen molar-refractivity contribution in [3.63, 3.8) is 0 Å². The summed E-state index contributed by atoms with van der Waals surface area (Å²) < 4.78 is 1.56. The number of ketones is 1. The molecule has 0 saturated heterocycles. The van der Waals surface area contributed by atoms with Gasteiger partial charge in [-0.15, -0.1) is 5.10 Å². The molecule has 0 radical (unpaired) electrons. The van der Waals surface area contributed by atoms with Gasteiger partial charge in [0.1, 0.15) is 5.69 Å². The van der Waals surface area contributed by atoms with Gasteiger partial charge in [0.05, 0.1) is 11.9 Å². The Morgan fingerprint density at radius 2 is 1.70 bits per heavy atom. The fourth-order valence-corrected chi connectivity index (χ4v) is 2.00. The Morgan fingerprint density at radius 3 is 2.40 bits per heavy atom. The lowest BCUT2D eigenvalue weighted by atomic mass is 10.1. The Labute approximate surface area is 116 Å². The van der Waals surface area contributed by atoms with Gasteiger partial charge < -0.3 is 0 Å². The highest BCUT2D eigenvalue weighted by Gasteiger charge is 2.16. The maximum atomic E-state index is 12.5. The first-order chi connectivity index (χ1) is 9.75. The van der Waals surface area contributed by atoms with Gasteiger partial charge in [0.25, 0.3) is 0 Å². The van der Waals surface area contributed by atoms with Crippen molar-refractivity contribution in [1.29, 1.82) is 0 Å². The molecule has 3 aromatic rings. The molecule has 0 spiro atoms. The highest BCUT2D eigenvalue weighted by Crippen LogP contribution is 2.14. The summed E-state index contributed by atoms with van der Waals surface area (Å²) in [5, 5.41) is 7.87. The highest BCUT2D eigenvalue weighted by molar-refractivity contribution is 6.07. The Hall–Kier alpha value is -2.75. The summed E-state index contributed by atoms with van der Waals surface area (Å²) in [4.78, 5) is 12.5. The molecule has 4 nitrogen and oxygen atoms in total. The summed E-state index contributed by atoms with van der Waals surface area (Å²) in [5.74, 6) is -0.0869. The van der Waals surface area contributed by atoms with Crippen molar-refractivity contribution in [2.75, 3.05) is 0 Å². The van der Waals surface area contributed by atoms with Crippen molar-refractivity contribution in [3.05, 3.63) is 77.6 Å². The molecule has 3 rings (SSSR count). The van der Waals surface area contributed by atoms with Gasteiger partial charge in [-0.3, -0.25) is 4.79 Å². The molecule has 2 aromatic carbocycles. The number of rotatable bonds is 3. The number of aromatic nitrogens is 3. The zero-order valence-electron chi connectivity index (χ0n) is 11.0. The lowest BCUT2D eigenvalue weighted by Gasteiger charge is -2.05. The third-order valence-corrected chi connectivity index (χ3v) is 3.10. The molecular formula is C16H13N3O. The van der Waals surface area contributed by atoms with E-state index in [1.54, 1.807) is 16.8 Å². The second-order valence-corrected chi connectivity index (χ2v) is 4.56. The molecule has 0 atom stereocenters. The Kier molecular flexibility index (Phi) is 3.13. The molecule has 0 amide bonds. The zero-order valence-corrected chi connectivity index (χ0v) is 11.0. The van der Waals surface area contributed by atoms with E-state index in [2.05, 4.69) is 10.3 Å². The van der Waals surface area contributed by atoms with Crippen LogP contribution in [0.5, 0.6) is 0 Å². The van der Waals surface area contributed by atoms with E-state index in [0.29, 0.717) is 11.3 Å². The molecule has 1 aromatic heterocycles. The van der Waals surface area contributed by atoms with E-state index in [1.807, 2.05) is 49.4 Å². The maximum Gasteiger partial charge on any atom is 0.213 e. The minimum Gasteiger partial charge on any atom is -0.287 e. The van der Waals surface area contributed by atoms with Crippen molar-refractivity contribution in [1.82, 2.24) is 15.0 Å². The standard InChI is InChI=1S/C16H13N3O/c1-12-7-9-14(10-8-12)19-15(11-17-18-19)16(20)13-5-3-2-4-6-13/h2-11H,1H3. The van der Waals surface area contributed by atoms with Crippen LogP contribution in [0.3, 0.4) is 0 Å². The Morgan fingerprint density at radius 1 is 1.00 bits per heavy atom. The fraction of sp³-hybridized carbons (Fsp3) is 0.0625. The zero-order chi connectivity index (χ0) is 13.9. The number of hydrogen-bond acceptors (Lipinski definition) is 3. The lowest BCUT2D eigenvalue weighted by Crippen LogP contribution is -2.09. The van der Waals surface area contributed by atoms with Gasteiger partial charge in [0.15, 0.2) is 0 Å². The van der Waals surface area contributed by atoms with E-state index in [4.69, 9.17) is 0 Å². The molecule has 0 fully saturated rings. The molecule has 98 valence electrons. The van der Waals surface area contributed by atoms with Crippen LogP contribution in [0.1, 0.15) is 21.6 Å². The van der Waals surface area contributed by atoms with E-state index in [0.717, 1.165) is 11.3 Å². The van der Waals surface area contributed by atoms with Gasteiger partial charge >= 0.3 is 0 Å². The topological polar surface area (TPSA) is 47.8 Å². The Bertz CT molecular complexity index is 730. The van der Waals surface area contributed by atoms with Crippen molar-refractivity contribution in [3.8, 4) is 5.69 Å². The van der Waals surface area contributed by atoms with E-state index in [9.17, 15) is 4.79 Å². The van der Waals surface area contributed by atoms with Crippen LogP contribution in [0.4, 0.5) is 0 Å². The van der Waals surface area contributed by atoms with Crippen LogP contribution in [0, 0.1) is 6.92 Å². The van der Waals surface area contributed by atoms with E-state index < -0.39 is 0 Å². The molecule has 0 N–H and O–H groups in total. The van der Waals surface area contributed by atoms with Crippen molar-refractivity contribution in [2.24, 2.45) is 0 Å². The van der Waals surface area contributed by atoms with Crippen LogP contribution in [0.15, 0.2) is 60.8 Å². The highest BCUT2D eigenvalue weighted by atomic mass is 16.1. The molecule has 0 bridgehead atoms. The number of nitrogens with zero attached hydrogens (tertiary/aromatic N) is 3. The molecule has 0 aliphatic carbocycles. The predicted molar refractivity (Wildman–Crippen MR) is 76.0 cm³/mol. The first kappa shape index (κ1) is 12.3. The average molecular weight is 263 g/mol. The van der Waals surface area contributed by atoms with Gasteiger partial charge in [0, 0.05) is 5.56 Å². The fourth-order valence-electron chi connectivity index (χ4n) is 2.00. The van der Waals surface area contributed by atoms with Crippen LogP contribution in [-0.4, -0.2) is 20.8 Å². The largest absolute Gasteiger partial charge is 0.287 e. The molecule has 0 unspecified atom stereocenters. The predicted octanol–water partition coefficient (Wildman–Crippen LogP) is 2.81. The summed E-state index contributed by atoms with van der Waals surface area (Å²) in [6.45, 7) is 2.02. The SMILES string of the molecule is Cc1ccc(-n2nncc2C(=O)c2ccccc2)cc1. The van der Waals surface area contributed by atoms with E-state index >= 15 is 0 Å². The van der Waals surface area contributed by atoms with E-state index in [1.165, 1.54) is 6.20 Å². The molecule has 0 aliphatic heterocycles. The normalized spacial score (nSPS) is 10.4. The van der Waals surface area contributed by atoms with Gasteiger partial charge in [-0.1, -0.05) is 53.2 Å². The number of aryl methyl sites for hydroxylation is 1. The molecule has 1 heterocycles. The van der Waals surface area contributed by atoms with Crippen LogP contribution >= 0.6 is 0 Å². The summed E-state index contributed by atoms with van der Waals surface area (Å²) in [6, 6.07) is 16.9. The molecule has 0 saturated carbocycles. The summed E-state index contributed by atoms with van der Waals surface area (Å²) in [5.41, 5.74) is 3.07. The van der Waals surface area contributed by atoms with Crippen molar-refractivity contribution >= 4 is 5.78 Å². The first-order valence-corrected chi connectivity index (χ1v) is 6.33. The number of hydrogen-bond donors (Lipinski definition) is 0. The molecule has 20 heavy (non-hydrogen) atoms. The first-order valence-electron chi connectivity index (χ1n) is 6.33. The molecule has 0 aliphatic rings. The Balaban J connectivity index is 2.02.